The van der Waals surface area contributed by atoms with Crippen molar-refractivity contribution in [1.29, 1.82) is 0 Å². The van der Waals surface area contributed by atoms with Crippen LogP contribution in [0, 0.1) is 40.9 Å². The molecule has 0 aromatic rings. The van der Waals surface area contributed by atoms with Gasteiger partial charge in [0, 0.05) is 0 Å². The van der Waals surface area contributed by atoms with Gasteiger partial charge in [-0.1, -0.05) is 23.1 Å². The number of methoxy groups -OCH3 is 1. The number of carbonyl (C=O) groups is 1. The zero-order valence-electron chi connectivity index (χ0n) is 9.49. The van der Waals surface area contributed by atoms with Gasteiger partial charge in [-0.25, -0.2) is 0 Å². The van der Waals surface area contributed by atoms with E-state index in [2.05, 4.69) is 0 Å². The van der Waals surface area contributed by atoms with Crippen LogP contribution < -0.4 is 51.4 Å². The van der Waals surface area contributed by atoms with E-state index in [0.717, 1.165) is 0 Å². The van der Waals surface area contributed by atoms with Gasteiger partial charge in [-0.15, -0.1) is 0 Å². The van der Waals surface area contributed by atoms with Crippen LogP contribution in [0.1, 0.15) is 0 Å². The first-order chi connectivity index (χ1) is 7.46. The summed E-state index contributed by atoms with van der Waals surface area (Å²) in [7, 11) is 1.34. The van der Waals surface area contributed by atoms with E-state index in [-0.39, 0.29) is 92.9 Å². The molecule has 6 aliphatic rings. The second-order valence-corrected chi connectivity index (χ2v) is 6.15. The van der Waals surface area contributed by atoms with E-state index in [1.54, 1.807) is 0 Å². The van der Waals surface area contributed by atoms with Crippen molar-refractivity contribution in [1.82, 2.24) is 0 Å². The Hall–Kier alpha value is 0.961. The Kier molecular flexibility index (Phi) is 1.78. The minimum atomic E-state index is -4.70. The minimum Gasteiger partial charge on any atom is -0.469 e. The van der Waals surface area contributed by atoms with E-state index in [1.807, 2.05) is 0 Å². The Morgan fingerprint density at radius 3 is 1.76 bits per heavy atom. The van der Waals surface area contributed by atoms with Crippen LogP contribution in [0.3, 0.4) is 0 Å². The van der Waals surface area contributed by atoms with Crippen molar-refractivity contribution in [2.45, 2.75) is 5.31 Å². The normalized spacial score (nSPS) is 65.9. The predicted octanol–water partition coefficient (Wildman–Crippen LogP) is -1.50. The maximum absolute atomic E-state index is 13.0. The summed E-state index contributed by atoms with van der Waals surface area (Å²) in [6, 6.07) is 0. The zero-order chi connectivity index (χ0) is 11.2. The van der Waals surface area contributed by atoms with Crippen molar-refractivity contribution < 1.29 is 73.9 Å². The summed E-state index contributed by atoms with van der Waals surface area (Å²) in [6.45, 7) is -4.70. The van der Waals surface area contributed by atoms with Gasteiger partial charge in [-0.2, -0.15) is 0 Å². The molecular weight excluding hydrogens is 259 g/mol. The average molecular weight is 268 g/mol. The zero-order valence-corrected chi connectivity index (χ0v) is 12.6. The quantitative estimate of drug-likeness (QED) is 0.450. The molecule has 6 saturated carbocycles. The van der Waals surface area contributed by atoms with Gasteiger partial charge in [0.25, 0.3) is 0 Å². The molecule has 6 fully saturated rings. The van der Waals surface area contributed by atoms with Gasteiger partial charge in [0.15, 0.2) is 0 Å². The number of halogens is 3. The Labute approximate surface area is 138 Å². The van der Waals surface area contributed by atoms with E-state index in [9.17, 15) is 17.7 Å². The molecule has 0 saturated heterocycles. The molecule has 0 heterocycles. The van der Waals surface area contributed by atoms with E-state index in [1.165, 1.54) is 7.11 Å². The Morgan fingerprint density at radius 1 is 1.06 bits per heavy atom. The molecule has 0 aliphatic heterocycles. The van der Waals surface area contributed by atoms with Crippen LogP contribution in [-0.4, -0.2) is 20.1 Å². The summed E-state index contributed by atoms with van der Waals surface area (Å²) in [5.74, 6) is -0.751. The summed E-state index contributed by atoms with van der Waals surface area (Å²) in [6.07, 6.45) is 0. The number of hydrogen-bond donors (Lipinski definition) is 0. The van der Waals surface area contributed by atoms with Gasteiger partial charge in [-0.3, -0.25) is 4.79 Å². The van der Waals surface area contributed by atoms with Gasteiger partial charge >= 0.3 is 64.3 Å². The summed E-state index contributed by atoms with van der Waals surface area (Å²) in [4.78, 5) is 11.7. The molecule has 0 aromatic carbocycles. The largest absolute Gasteiger partial charge is 1.00 e. The molecule has 0 N–H and O–H groups in total. The molecule has 0 bridgehead atoms. The first-order valence-corrected chi connectivity index (χ1v) is 5.74. The van der Waals surface area contributed by atoms with E-state index >= 15 is 0 Å². The van der Waals surface area contributed by atoms with Crippen LogP contribution in [0.4, 0.5) is 12.9 Å². The van der Waals surface area contributed by atoms with Crippen molar-refractivity contribution in [3.63, 3.8) is 0 Å². The predicted molar refractivity (Wildman–Crippen MR) is 47.2 cm³/mol. The minimum absolute atomic E-state index is 0. The molecule has 6 rings (SSSR count). The van der Waals surface area contributed by atoms with E-state index < -0.39 is 17.7 Å². The summed E-state index contributed by atoms with van der Waals surface area (Å²) < 4.78 is 43.8. The van der Waals surface area contributed by atoms with Crippen molar-refractivity contribution in [3.05, 3.63) is 0 Å². The number of esters is 1. The van der Waals surface area contributed by atoms with Gasteiger partial charge in [0.05, 0.1) is 12.5 Å². The molecule has 86 valence electrons. The van der Waals surface area contributed by atoms with Crippen molar-refractivity contribution in [3.8, 4) is 0 Å². The smallest absolute Gasteiger partial charge is 0.469 e. The number of hydrogen-bond acceptors (Lipinski definition) is 2. The van der Waals surface area contributed by atoms with Gasteiger partial charge in [0.1, 0.15) is 0 Å². The maximum atomic E-state index is 13.0. The molecule has 0 spiro atoms. The van der Waals surface area contributed by atoms with Crippen molar-refractivity contribution in [2.75, 3.05) is 7.11 Å². The fourth-order valence-corrected chi connectivity index (χ4v) is 6.85. The third-order valence-corrected chi connectivity index (χ3v) is 6.81. The van der Waals surface area contributed by atoms with Crippen LogP contribution in [0.2, 0.25) is 5.31 Å². The summed E-state index contributed by atoms with van der Waals surface area (Å²) >= 11 is 0. The molecule has 17 heavy (non-hydrogen) atoms. The van der Waals surface area contributed by atoms with Crippen LogP contribution in [-0.2, 0) is 9.53 Å². The molecule has 6 aliphatic carbocycles. The molecule has 0 aromatic heterocycles. The first kappa shape index (κ1) is 11.8. The fraction of sp³-hybridized carbons (Fsp3) is 0.900. The third-order valence-electron chi connectivity index (χ3n) is 6.81. The topological polar surface area (TPSA) is 26.3 Å². The monoisotopic (exact) mass is 268 g/mol. The molecule has 0 radical (unpaired) electrons. The van der Waals surface area contributed by atoms with Crippen molar-refractivity contribution >= 4 is 12.9 Å². The van der Waals surface area contributed by atoms with Crippen LogP contribution in [0.5, 0.6) is 0 Å². The van der Waals surface area contributed by atoms with E-state index in [4.69, 9.17) is 4.74 Å². The molecular formula is C10H9BF3KO2. The second kappa shape index (κ2) is 2.58. The molecule has 7 heteroatoms. The third kappa shape index (κ3) is 0.625. The fourth-order valence-electron chi connectivity index (χ4n) is 6.85. The Morgan fingerprint density at radius 2 is 1.47 bits per heavy atom. The van der Waals surface area contributed by atoms with E-state index in [0.29, 0.717) is 0 Å². The summed E-state index contributed by atoms with van der Waals surface area (Å²) in [5, 5.41) is -1.28. The number of rotatable bonds is 2. The second-order valence-electron chi connectivity index (χ2n) is 6.15. The van der Waals surface area contributed by atoms with Gasteiger partial charge < -0.3 is 17.7 Å². The number of ether oxygens (including phenoxy) is 1. The van der Waals surface area contributed by atoms with Gasteiger partial charge in [0.2, 0.25) is 0 Å². The molecule has 0 unspecified atom stereocenters. The Bertz CT molecular complexity index is 423. The Balaban J connectivity index is 0.000000800. The molecule has 0 amide bonds. The molecule has 2 nitrogen and oxygen atoms in total. The van der Waals surface area contributed by atoms with Gasteiger partial charge in [-0.05, 0) is 17.8 Å². The summed E-state index contributed by atoms with van der Waals surface area (Å²) in [5.41, 5.74) is -0.433. The molecule has 0 atom stereocenters. The van der Waals surface area contributed by atoms with Crippen molar-refractivity contribution in [2.24, 2.45) is 40.9 Å². The number of carbonyl (C=O) groups excluding carboxylic acids is 1. The SMILES string of the molecule is COC(=O)C12C3C4C1C1C2C3C41[B-](F)(F)F.[K+]. The van der Waals surface area contributed by atoms with Crippen LogP contribution >= 0.6 is 0 Å². The van der Waals surface area contributed by atoms with Crippen LogP contribution in [0.15, 0.2) is 0 Å². The average Bonchev–Trinajstić information content (AvgIpc) is 2.26. The van der Waals surface area contributed by atoms with Crippen LogP contribution in [0.25, 0.3) is 0 Å². The maximum Gasteiger partial charge on any atom is 1.00 e. The standard InChI is InChI=1S/C10H9BF3O2.K/c1-16-8(15)9-2-5-3(9)7-4(9)6(2)10(5,7)11(12,13)14;/h2-7H,1H3;/q-1;+1. The first-order valence-electron chi connectivity index (χ1n) is 5.74.